The molecule has 8 nitrogen and oxygen atoms in total. The number of aromatic nitrogens is 3. The highest BCUT2D eigenvalue weighted by Gasteiger charge is 2.17. The maximum absolute atomic E-state index is 12.6. The van der Waals surface area contributed by atoms with Gasteiger partial charge in [-0.05, 0) is 48.9 Å². The maximum Gasteiger partial charge on any atom is 0.291 e. The molecule has 9 heteroatoms. The minimum absolute atomic E-state index is 0.209. The van der Waals surface area contributed by atoms with Crippen molar-refractivity contribution in [2.75, 3.05) is 10.6 Å². The molecule has 0 spiro atoms. The van der Waals surface area contributed by atoms with E-state index in [-0.39, 0.29) is 17.6 Å². The third-order valence-electron chi connectivity index (χ3n) is 3.85. The smallest absolute Gasteiger partial charge is 0.291 e. The molecule has 4 aromatic rings. The van der Waals surface area contributed by atoms with Crippen molar-refractivity contribution in [3.63, 3.8) is 0 Å². The normalized spacial score (nSPS) is 10.6. The van der Waals surface area contributed by atoms with Crippen molar-refractivity contribution < 1.29 is 14.0 Å². The van der Waals surface area contributed by atoms with E-state index in [4.69, 9.17) is 4.42 Å². The average molecular weight is 393 g/mol. The molecule has 0 aliphatic rings. The summed E-state index contributed by atoms with van der Waals surface area (Å²) in [5.74, 6) is 0.227. The Morgan fingerprint density at radius 2 is 2.04 bits per heavy atom. The molecule has 4 aromatic heterocycles. The molecule has 0 saturated carbocycles. The number of pyridine rings is 1. The summed E-state index contributed by atoms with van der Waals surface area (Å²) in [6, 6.07) is 10.3. The van der Waals surface area contributed by atoms with Crippen LogP contribution >= 0.6 is 11.3 Å². The van der Waals surface area contributed by atoms with E-state index < -0.39 is 0 Å². The minimum atomic E-state index is -0.364. The van der Waals surface area contributed by atoms with Crippen LogP contribution in [0.15, 0.2) is 65.7 Å². The van der Waals surface area contributed by atoms with Gasteiger partial charge < -0.3 is 15.1 Å². The number of nitrogens with zero attached hydrogens (tertiary/aromatic N) is 3. The molecule has 140 valence electrons. The molecule has 0 bridgehead atoms. The number of anilines is 2. The number of furan rings is 1. The standard InChI is InChI=1S/C19H15N5O3S/c1-12-10-16(23-18(25)14-4-2-9-27-14)28-17(12)19(26)22-13-5-6-15(20-11-13)24-8-3-7-21-24/h2-11H,1H3,(H,22,26)(H,23,25). The lowest BCUT2D eigenvalue weighted by atomic mass is 10.2. The van der Waals surface area contributed by atoms with Gasteiger partial charge in [-0.15, -0.1) is 11.3 Å². The quantitative estimate of drug-likeness (QED) is 0.538. The van der Waals surface area contributed by atoms with Gasteiger partial charge >= 0.3 is 0 Å². The lowest BCUT2D eigenvalue weighted by Gasteiger charge is -2.05. The van der Waals surface area contributed by atoms with E-state index in [9.17, 15) is 9.59 Å². The molecule has 0 fully saturated rings. The topological polar surface area (TPSA) is 102 Å². The van der Waals surface area contributed by atoms with Gasteiger partial charge in [-0.1, -0.05) is 0 Å². The Balaban J connectivity index is 1.45. The second kappa shape index (κ2) is 7.49. The first-order chi connectivity index (χ1) is 13.6. The molecule has 4 rings (SSSR count). The summed E-state index contributed by atoms with van der Waals surface area (Å²) >= 11 is 1.19. The zero-order chi connectivity index (χ0) is 19.5. The number of amides is 2. The predicted octanol–water partition coefficient (Wildman–Crippen LogP) is 3.73. The molecule has 4 heterocycles. The number of hydrogen-bond donors (Lipinski definition) is 2. The summed E-state index contributed by atoms with van der Waals surface area (Å²) in [6.45, 7) is 1.81. The fourth-order valence-electron chi connectivity index (χ4n) is 2.54. The van der Waals surface area contributed by atoms with Crippen molar-refractivity contribution in [1.82, 2.24) is 14.8 Å². The van der Waals surface area contributed by atoms with Crippen molar-refractivity contribution in [3.05, 3.63) is 77.5 Å². The molecule has 0 saturated heterocycles. The van der Waals surface area contributed by atoms with Crippen LogP contribution in [0.25, 0.3) is 5.82 Å². The third-order valence-corrected chi connectivity index (χ3v) is 5.00. The first-order valence-corrected chi connectivity index (χ1v) is 9.14. The summed E-state index contributed by atoms with van der Waals surface area (Å²) in [6.07, 6.45) is 6.45. The van der Waals surface area contributed by atoms with Gasteiger partial charge in [0.05, 0.1) is 28.0 Å². The van der Waals surface area contributed by atoms with Gasteiger partial charge in [0.2, 0.25) is 0 Å². The van der Waals surface area contributed by atoms with E-state index in [1.54, 1.807) is 59.7 Å². The van der Waals surface area contributed by atoms with Crippen molar-refractivity contribution in [2.45, 2.75) is 6.92 Å². The van der Waals surface area contributed by atoms with E-state index in [0.29, 0.717) is 21.4 Å². The molecule has 0 radical (unpaired) electrons. The third kappa shape index (κ3) is 3.69. The average Bonchev–Trinajstić information content (AvgIpc) is 3.44. The molecule has 0 aliphatic heterocycles. The van der Waals surface area contributed by atoms with Crippen molar-refractivity contribution in [1.29, 1.82) is 0 Å². The van der Waals surface area contributed by atoms with Crippen molar-refractivity contribution >= 4 is 33.8 Å². The van der Waals surface area contributed by atoms with Crippen LogP contribution in [0.3, 0.4) is 0 Å². The highest BCUT2D eigenvalue weighted by molar-refractivity contribution is 7.18. The molecule has 0 atom stereocenters. The van der Waals surface area contributed by atoms with Crippen LogP contribution in [0, 0.1) is 6.92 Å². The number of aryl methyl sites for hydroxylation is 1. The Labute approximate surface area is 163 Å². The molecule has 0 aromatic carbocycles. The first-order valence-electron chi connectivity index (χ1n) is 8.33. The van der Waals surface area contributed by atoms with Crippen LogP contribution in [-0.2, 0) is 0 Å². The van der Waals surface area contributed by atoms with Gasteiger partial charge in [0.15, 0.2) is 11.6 Å². The lowest BCUT2D eigenvalue weighted by molar-refractivity contribution is 0.0995. The van der Waals surface area contributed by atoms with Gasteiger partial charge in [0.1, 0.15) is 0 Å². The highest BCUT2D eigenvalue weighted by atomic mass is 32.1. The van der Waals surface area contributed by atoms with Crippen molar-refractivity contribution in [2.24, 2.45) is 0 Å². The monoisotopic (exact) mass is 393 g/mol. The van der Waals surface area contributed by atoms with Gasteiger partial charge in [0, 0.05) is 12.4 Å². The molecule has 2 N–H and O–H groups in total. The number of carbonyl (C=O) groups is 2. The minimum Gasteiger partial charge on any atom is -0.459 e. The van der Waals surface area contributed by atoms with Crippen LogP contribution in [0.5, 0.6) is 0 Å². The fourth-order valence-corrected chi connectivity index (χ4v) is 3.50. The fraction of sp³-hybridized carbons (Fsp3) is 0.0526. The van der Waals surface area contributed by atoms with E-state index in [1.807, 2.05) is 6.92 Å². The molecule has 0 aliphatic carbocycles. The lowest BCUT2D eigenvalue weighted by Crippen LogP contribution is -2.12. The van der Waals surface area contributed by atoms with Crippen LogP contribution < -0.4 is 10.6 Å². The highest BCUT2D eigenvalue weighted by Crippen LogP contribution is 2.28. The Morgan fingerprint density at radius 3 is 2.71 bits per heavy atom. The summed E-state index contributed by atoms with van der Waals surface area (Å²) in [7, 11) is 0. The van der Waals surface area contributed by atoms with Gasteiger partial charge in [-0.2, -0.15) is 5.10 Å². The molecule has 2 amide bonds. The number of thiophene rings is 1. The van der Waals surface area contributed by atoms with Gasteiger partial charge in [-0.3, -0.25) is 9.59 Å². The maximum atomic E-state index is 12.6. The number of nitrogens with one attached hydrogen (secondary N) is 2. The second-order valence-corrected chi connectivity index (χ2v) is 6.92. The Bertz CT molecular complexity index is 1100. The first kappa shape index (κ1) is 17.7. The van der Waals surface area contributed by atoms with E-state index >= 15 is 0 Å². The number of carbonyl (C=O) groups excluding carboxylic acids is 2. The molecular weight excluding hydrogens is 378 g/mol. The summed E-state index contributed by atoms with van der Waals surface area (Å²) in [5, 5.41) is 10.2. The van der Waals surface area contributed by atoms with E-state index in [0.717, 1.165) is 5.56 Å². The van der Waals surface area contributed by atoms with Crippen LogP contribution in [0.4, 0.5) is 10.7 Å². The number of hydrogen-bond acceptors (Lipinski definition) is 6. The Morgan fingerprint density at radius 1 is 1.14 bits per heavy atom. The summed E-state index contributed by atoms with van der Waals surface area (Å²) in [4.78, 5) is 29.5. The zero-order valence-corrected chi connectivity index (χ0v) is 15.6. The molecule has 28 heavy (non-hydrogen) atoms. The second-order valence-electron chi connectivity index (χ2n) is 5.86. The zero-order valence-electron chi connectivity index (χ0n) is 14.7. The largest absolute Gasteiger partial charge is 0.459 e. The van der Waals surface area contributed by atoms with Crippen LogP contribution in [0.1, 0.15) is 25.8 Å². The molecular formula is C19H15N5O3S. The Hall–Kier alpha value is -3.72. The predicted molar refractivity (Wildman–Crippen MR) is 105 cm³/mol. The Kier molecular flexibility index (Phi) is 4.73. The molecule has 0 unspecified atom stereocenters. The summed E-state index contributed by atoms with van der Waals surface area (Å²) < 4.78 is 6.70. The SMILES string of the molecule is Cc1cc(NC(=O)c2ccco2)sc1C(=O)Nc1ccc(-n2cccn2)nc1. The van der Waals surface area contributed by atoms with Gasteiger partial charge in [-0.25, -0.2) is 9.67 Å². The van der Waals surface area contributed by atoms with Crippen LogP contribution in [0.2, 0.25) is 0 Å². The van der Waals surface area contributed by atoms with E-state index in [2.05, 4.69) is 20.7 Å². The van der Waals surface area contributed by atoms with E-state index in [1.165, 1.54) is 17.6 Å². The number of rotatable bonds is 5. The van der Waals surface area contributed by atoms with Gasteiger partial charge in [0.25, 0.3) is 11.8 Å². The van der Waals surface area contributed by atoms with Crippen molar-refractivity contribution in [3.8, 4) is 5.82 Å². The summed E-state index contributed by atoms with van der Waals surface area (Å²) in [5.41, 5.74) is 1.33. The van der Waals surface area contributed by atoms with Crippen LogP contribution in [-0.4, -0.2) is 26.6 Å².